The Bertz CT molecular complexity index is 119. The van der Waals surface area contributed by atoms with Gasteiger partial charge in [0.15, 0.2) is 0 Å². The molecule has 0 aromatic rings. The Morgan fingerprint density at radius 2 is 2.38 bits per heavy atom. The minimum atomic E-state index is 1.01. The van der Waals surface area contributed by atoms with Crippen LogP contribution < -0.4 is 0 Å². The summed E-state index contributed by atoms with van der Waals surface area (Å²) < 4.78 is 0. The van der Waals surface area contributed by atoms with E-state index >= 15 is 0 Å². The molecule has 2 heteroatoms. The van der Waals surface area contributed by atoms with Crippen LogP contribution in [0.4, 0.5) is 0 Å². The average Bonchev–Trinajstić information content (AvgIpc) is 2.17. The third-order valence-electron chi connectivity index (χ3n) is 0.586. The Hall–Kier alpha value is -0.434. The number of allylic oxidation sites excluding steroid dienone is 4. The molecule has 0 aromatic heterocycles. The maximum atomic E-state index is 8.54. The van der Waals surface area contributed by atoms with Gasteiger partial charge in [-0.25, -0.2) is 12.2 Å². The van der Waals surface area contributed by atoms with Crippen LogP contribution in [0.2, 0.25) is 0 Å². The van der Waals surface area contributed by atoms with E-state index in [1.807, 2.05) is 12.2 Å². The van der Waals surface area contributed by atoms with Gasteiger partial charge in [-0.1, -0.05) is 0 Å². The van der Waals surface area contributed by atoms with E-state index in [0.29, 0.717) is 0 Å². The molecule has 0 spiro atoms. The van der Waals surface area contributed by atoms with E-state index in [1.165, 1.54) is 4.82 Å². The van der Waals surface area contributed by atoms with Crippen LogP contribution in [0.5, 0.6) is 0 Å². The van der Waals surface area contributed by atoms with Gasteiger partial charge in [0.25, 0.3) is 0 Å². The summed E-state index contributed by atoms with van der Waals surface area (Å²) in [5.74, 6) is 0. The van der Waals surface area contributed by atoms with Crippen LogP contribution in [0.3, 0.4) is 0 Å². The van der Waals surface area contributed by atoms with Crippen molar-refractivity contribution in [3.8, 4) is 0 Å². The predicted molar refractivity (Wildman–Crippen MR) is 27.3 cm³/mol. The molecule has 0 amide bonds. The molecule has 0 N–H and O–H groups in total. The first-order chi connectivity index (χ1) is 3.91. The molecule has 0 atom stereocenters. The zero-order valence-electron chi connectivity index (χ0n) is 4.18. The standard InChI is InChI=1S/C5H5.CO.Co/c1-2-4-5-3-1;1-2;/h1-3H,4H2;;/q-1;;. The Balaban J connectivity index is 0.000000145. The molecule has 0 saturated carbocycles. The summed E-state index contributed by atoms with van der Waals surface area (Å²) in [5, 5.41) is 0. The normalized spacial score (nSPS) is 12.1. The topological polar surface area (TPSA) is 17.1 Å². The molecular weight excluding hydrogens is 147 g/mol. The van der Waals surface area contributed by atoms with Gasteiger partial charge in [-0.2, -0.15) is 6.08 Å². The summed E-state index contributed by atoms with van der Waals surface area (Å²) >= 11 is 3.02. The molecule has 0 radical (unpaired) electrons. The molecule has 0 aliphatic heterocycles. The summed E-state index contributed by atoms with van der Waals surface area (Å²) in [6, 6.07) is 0. The van der Waals surface area contributed by atoms with Crippen molar-refractivity contribution in [3.63, 3.8) is 0 Å². The average molecular weight is 152 g/mol. The third-order valence-corrected chi connectivity index (χ3v) is 0.586. The Morgan fingerprint density at radius 3 is 2.50 bits per heavy atom. The van der Waals surface area contributed by atoms with Gasteiger partial charge in [0, 0.05) is 0 Å². The van der Waals surface area contributed by atoms with Crippen molar-refractivity contribution in [1.82, 2.24) is 0 Å². The molecule has 0 fully saturated rings. The quantitative estimate of drug-likeness (QED) is 0.471. The van der Waals surface area contributed by atoms with Crippen molar-refractivity contribution in [2.24, 2.45) is 0 Å². The molecule has 1 nitrogen and oxygen atoms in total. The monoisotopic (exact) mass is 152 g/mol. The second-order valence-corrected chi connectivity index (χ2v) is 1.28. The van der Waals surface area contributed by atoms with E-state index in [2.05, 4.69) is 27.5 Å². The fraction of sp³-hybridized carbons (Fsp3) is 0.167. The smallest absolute Gasteiger partial charge is 0.109 e. The molecule has 0 unspecified atom stereocenters. The molecule has 1 rings (SSSR count). The SMILES string of the molecule is O=[C]=[Co].[C-]1=CC=CC1. The van der Waals surface area contributed by atoms with Crippen LogP contribution in [0.15, 0.2) is 18.2 Å². The number of rotatable bonds is 0. The molecule has 1 aliphatic carbocycles. The third kappa shape index (κ3) is 5.57. The summed E-state index contributed by atoms with van der Waals surface area (Å²) in [6.07, 6.45) is 10.0. The molecular formula is C6H5CoO-. The minimum Gasteiger partial charge on any atom is -0.273 e. The predicted octanol–water partition coefficient (Wildman–Crippen LogP) is 0.906. The van der Waals surface area contributed by atoms with Gasteiger partial charge in [0.1, 0.15) is 0 Å². The second-order valence-electron chi connectivity index (χ2n) is 1.07. The van der Waals surface area contributed by atoms with E-state index in [9.17, 15) is 0 Å². The molecule has 8 heavy (non-hydrogen) atoms. The Morgan fingerprint density at radius 1 is 1.75 bits per heavy atom. The minimum absolute atomic E-state index is 1.01. The van der Waals surface area contributed by atoms with Crippen molar-refractivity contribution in [2.75, 3.05) is 0 Å². The van der Waals surface area contributed by atoms with Gasteiger partial charge >= 0.3 is 24.9 Å². The van der Waals surface area contributed by atoms with Crippen LogP contribution in [0.1, 0.15) is 6.42 Å². The fourth-order valence-electron chi connectivity index (χ4n) is 0.340. The van der Waals surface area contributed by atoms with Gasteiger partial charge in [0.2, 0.25) is 0 Å². The number of carbonyl (C=O) groups excluding carboxylic acids is 1. The Labute approximate surface area is 56.2 Å². The van der Waals surface area contributed by atoms with Crippen molar-refractivity contribution < 1.29 is 20.1 Å². The van der Waals surface area contributed by atoms with Gasteiger partial charge in [-0.05, 0) is 0 Å². The zero-order valence-corrected chi connectivity index (χ0v) is 5.22. The van der Waals surface area contributed by atoms with Gasteiger partial charge in [-0.15, -0.1) is 6.42 Å². The van der Waals surface area contributed by atoms with E-state index in [-0.39, 0.29) is 0 Å². The largest absolute Gasteiger partial charge is 0.273 e. The molecule has 45 valence electrons. The van der Waals surface area contributed by atoms with E-state index in [4.69, 9.17) is 4.79 Å². The van der Waals surface area contributed by atoms with Crippen LogP contribution in [-0.4, -0.2) is 4.82 Å². The molecule has 0 aromatic carbocycles. The summed E-state index contributed by atoms with van der Waals surface area (Å²) in [6.45, 7) is 0. The first kappa shape index (κ1) is 7.57. The molecule has 0 heterocycles. The van der Waals surface area contributed by atoms with E-state index < -0.39 is 0 Å². The van der Waals surface area contributed by atoms with Crippen LogP contribution in [-0.2, 0) is 20.1 Å². The summed E-state index contributed by atoms with van der Waals surface area (Å²) in [7, 11) is 0. The first-order valence-electron chi connectivity index (χ1n) is 2.09. The van der Waals surface area contributed by atoms with Crippen molar-refractivity contribution >= 4 is 4.82 Å². The van der Waals surface area contributed by atoms with Crippen molar-refractivity contribution in [3.05, 3.63) is 24.3 Å². The van der Waals surface area contributed by atoms with Gasteiger partial charge in [-0.3, -0.25) is 6.08 Å². The van der Waals surface area contributed by atoms with Crippen LogP contribution in [0.25, 0.3) is 0 Å². The van der Waals surface area contributed by atoms with Gasteiger partial charge < -0.3 is 0 Å². The zero-order chi connectivity index (χ0) is 6.24. The van der Waals surface area contributed by atoms with Crippen molar-refractivity contribution in [2.45, 2.75) is 6.42 Å². The molecule has 0 saturated heterocycles. The van der Waals surface area contributed by atoms with E-state index in [1.54, 1.807) is 0 Å². The van der Waals surface area contributed by atoms with Gasteiger partial charge in [0.05, 0.1) is 0 Å². The second kappa shape index (κ2) is 6.57. The van der Waals surface area contributed by atoms with E-state index in [0.717, 1.165) is 6.42 Å². The molecule has 0 bridgehead atoms. The Kier molecular flexibility index (Phi) is 6.21. The number of hydrogen-bond acceptors (Lipinski definition) is 1. The fourth-order valence-corrected chi connectivity index (χ4v) is 0.340. The van der Waals surface area contributed by atoms with Crippen LogP contribution >= 0.6 is 0 Å². The number of hydrogen-bond donors (Lipinski definition) is 0. The molecule has 1 aliphatic rings. The summed E-state index contributed by atoms with van der Waals surface area (Å²) in [4.78, 5) is 9.73. The summed E-state index contributed by atoms with van der Waals surface area (Å²) in [5.41, 5.74) is 0. The maximum Gasteiger partial charge on any atom is -0.109 e. The maximum absolute atomic E-state index is 8.54. The van der Waals surface area contributed by atoms with Crippen LogP contribution in [0, 0.1) is 6.08 Å². The van der Waals surface area contributed by atoms with Crippen molar-refractivity contribution in [1.29, 1.82) is 0 Å². The first-order valence-corrected chi connectivity index (χ1v) is 2.61.